The number of halogens is 1. The third-order valence-electron chi connectivity index (χ3n) is 4.51. The first-order valence-corrected chi connectivity index (χ1v) is 9.79. The Hall–Kier alpha value is -3.12. The number of ether oxygens (including phenoxy) is 1. The van der Waals surface area contributed by atoms with Gasteiger partial charge in [-0.3, -0.25) is 9.59 Å². The highest BCUT2D eigenvalue weighted by Crippen LogP contribution is 2.26. The average molecular weight is 413 g/mol. The van der Waals surface area contributed by atoms with Crippen molar-refractivity contribution in [1.29, 1.82) is 0 Å². The van der Waals surface area contributed by atoms with Gasteiger partial charge in [-0.15, -0.1) is 11.6 Å². The van der Waals surface area contributed by atoms with E-state index < -0.39 is 17.9 Å². The second-order valence-corrected chi connectivity index (χ2v) is 6.70. The van der Waals surface area contributed by atoms with Crippen LogP contribution in [0.15, 0.2) is 54.6 Å². The van der Waals surface area contributed by atoms with E-state index in [4.69, 9.17) is 16.3 Å². The highest BCUT2D eigenvalue weighted by Gasteiger charge is 2.27. The normalized spacial score (nSPS) is 11.8. The maximum Gasteiger partial charge on any atom is 0.328 e. The minimum atomic E-state index is -0.956. The zero-order chi connectivity index (χ0) is 20.8. The molecule has 0 saturated heterocycles. The number of rotatable bonds is 8. The average Bonchev–Trinajstić information content (AvgIpc) is 3.11. The molecular weight excluding hydrogens is 392 g/mol. The Morgan fingerprint density at radius 1 is 1.07 bits per heavy atom. The van der Waals surface area contributed by atoms with Crippen LogP contribution in [0.25, 0.3) is 10.9 Å². The number of fused-ring (bicyclic) bond motifs is 1. The lowest BCUT2D eigenvalue weighted by atomic mass is 9.98. The number of carbonyl (C=O) groups excluding carboxylic acids is 3. The van der Waals surface area contributed by atoms with Crippen molar-refractivity contribution in [2.45, 2.75) is 19.4 Å². The van der Waals surface area contributed by atoms with E-state index in [0.717, 1.165) is 10.9 Å². The predicted molar refractivity (Wildman–Crippen MR) is 111 cm³/mol. The molecule has 0 aliphatic heterocycles. The molecule has 1 aromatic heterocycles. The van der Waals surface area contributed by atoms with Crippen LogP contribution in [0.3, 0.4) is 0 Å². The predicted octanol–water partition coefficient (Wildman–Crippen LogP) is 3.23. The molecule has 0 radical (unpaired) electrons. The molecule has 150 valence electrons. The molecule has 2 N–H and O–H groups in total. The zero-order valence-corrected chi connectivity index (χ0v) is 16.7. The van der Waals surface area contributed by atoms with Crippen LogP contribution in [0.4, 0.5) is 0 Å². The van der Waals surface area contributed by atoms with Gasteiger partial charge in [0.05, 0.1) is 12.3 Å². The Bertz CT molecular complexity index is 1030. The van der Waals surface area contributed by atoms with Crippen molar-refractivity contribution in [1.82, 2.24) is 10.3 Å². The van der Waals surface area contributed by atoms with Crippen LogP contribution in [0.2, 0.25) is 0 Å². The molecule has 2 aromatic carbocycles. The molecule has 1 heterocycles. The van der Waals surface area contributed by atoms with Crippen LogP contribution in [-0.2, 0) is 20.7 Å². The van der Waals surface area contributed by atoms with Crippen molar-refractivity contribution in [3.8, 4) is 0 Å². The number of carbonyl (C=O) groups is 3. The molecule has 1 unspecified atom stereocenters. The number of H-pyrrole nitrogens is 1. The van der Waals surface area contributed by atoms with Gasteiger partial charge in [-0.25, -0.2) is 4.79 Å². The lowest BCUT2D eigenvalue weighted by Crippen LogP contribution is -2.44. The van der Waals surface area contributed by atoms with Crippen molar-refractivity contribution in [3.05, 3.63) is 71.4 Å². The van der Waals surface area contributed by atoms with Gasteiger partial charge >= 0.3 is 5.97 Å². The minimum absolute atomic E-state index is 0.0966. The fourth-order valence-corrected chi connectivity index (χ4v) is 3.29. The van der Waals surface area contributed by atoms with Crippen LogP contribution in [0, 0.1) is 0 Å². The molecule has 0 saturated carbocycles. The number of nitrogens with one attached hydrogen (secondary N) is 2. The summed E-state index contributed by atoms with van der Waals surface area (Å²) in [6.45, 7) is 1.87. The Morgan fingerprint density at radius 2 is 1.76 bits per heavy atom. The maximum atomic E-state index is 13.1. The molecule has 7 heteroatoms. The SMILES string of the molecule is CCOC(=O)C(Cc1c(C(=O)c2ccccc2)[nH]c2ccccc12)NC(=O)CCl. The van der Waals surface area contributed by atoms with Crippen LogP contribution in [0.5, 0.6) is 0 Å². The van der Waals surface area contributed by atoms with Crippen molar-refractivity contribution >= 4 is 40.2 Å². The van der Waals surface area contributed by atoms with Gasteiger partial charge in [0.15, 0.2) is 0 Å². The van der Waals surface area contributed by atoms with Crippen LogP contribution >= 0.6 is 11.6 Å². The fraction of sp³-hybridized carbons (Fsp3) is 0.227. The van der Waals surface area contributed by atoms with Gasteiger partial charge in [-0.05, 0) is 18.6 Å². The quantitative estimate of drug-likeness (QED) is 0.338. The highest BCUT2D eigenvalue weighted by molar-refractivity contribution is 6.27. The summed E-state index contributed by atoms with van der Waals surface area (Å²) < 4.78 is 5.10. The van der Waals surface area contributed by atoms with Gasteiger partial charge in [-0.2, -0.15) is 0 Å². The summed E-state index contributed by atoms with van der Waals surface area (Å²) in [6, 6.07) is 15.4. The monoisotopic (exact) mass is 412 g/mol. The second-order valence-electron chi connectivity index (χ2n) is 6.43. The minimum Gasteiger partial charge on any atom is -0.464 e. The van der Waals surface area contributed by atoms with Gasteiger partial charge in [0.1, 0.15) is 11.9 Å². The van der Waals surface area contributed by atoms with E-state index in [1.807, 2.05) is 30.3 Å². The lowest BCUT2D eigenvalue weighted by Gasteiger charge is -2.17. The summed E-state index contributed by atoms with van der Waals surface area (Å²) in [5.41, 5.74) is 2.32. The summed E-state index contributed by atoms with van der Waals surface area (Å²) in [7, 11) is 0. The van der Waals surface area contributed by atoms with Gasteiger partial charge < -0.3 is 15.0 Å². The molecule has 0 aliphatic rings. The molecular formula is C22H21ClN2O4. The topological polar surface area (TPSA) is 88.3 Å². The van der Waals surface area contributed by atoms with Gasteiger partial charge in [-0.1, -0.05) is 48.5 Å². The second kappa shape index (κ2) is 9.39. The smallest absolute Gasteiger partial charge is 0.328 e. The highest BCUT2D eigenvalue weighted by atomic mass is 35.5. The van der Waals surface area contributed by atoms with E-state index in [0.29, 0.717) is 16.8 Å². The number of aromatic nitrogens is 1. The first-order chi connectivity index (χ1) is 14.0. The number of ketones is 1. The zero-order valence-electron chi connectivity index (χ0n) is 15.9. The molecule has 3 rings (SSSR count). The van der Waals surface area contributed by atoms with Crippen molar-refractivity contribution in [2.24, 2.45) is 0 Å². The number of hydrogen-bond donors (Lipinski definition) is 2. The summed E-state index contributed by atoms with van der Waals surface area (Å²) in [5.74, 6) is -1.53. The molecule has 29 heavy (non-hydrogen) atoms. The Kier molecular flexibility index (Phi) is 6.67. The summed E-state index contributed by atoms with van der Waals surface area (Å²) in [6.07, 6.45) is 0.0966. The van der Waals surface area contributed by atoms with Crippen molar-refractivity contribution < 1.29 is 19.1 Å². The third-order valence-corrected chi connectivity index (χ3v) is 4.76. The first-order valence-electron chi connectivity index (χ1n) is 9.26. The maximum absolute atomic E-state index is 13.1. The van der Waals surface area contributed by atoms with E-state index in [1.54, 1.807) is 31.2 Å². The Morgan fingerprint density at radius 3 is 2.45 bits per heavy atom. The molecule has 0 aliphatic carbocycles. The molecule has 0 fully saturated rings. The number of hydrogen-bond acceptors (Lipinski definition) is 4. The summed E-state index contributed by atoms with van der Waals surface area (Å²) in [5, 5.41) is 3.40. The third kappa shape index (κ3) is 4.66. The van der Waals surface area contributed by atoms with Gasteiger partial charge in [0.2, 0.25) is 11.7 Å². The molecule has 1 amide bonds. The van der Waals surface area contributed by atoms with E-state index in [1.165, 1.54) is 0 Å². The number of aromatic amines is 1. The standard InChI is InChI=1S/C22H21ClN2O4/c1-2-29-22(28)18(24-19(26)13-23)12-16-15-10-6-7-11-17(15)25-20(16)21(27)14-8-4-3-5-9-14/h3-11,18,25H,2,12-13H2,1H3,(H,24,26). The Labute approximate surface area is 173 Å². The largest absolute Gasteiger partial charge is 0.464 e. The number of esters is 1. The molecule has 6 nitrogen and oxygen atoms in total. The fourth-order valence-electron chi connectivity index (χ4n) is 3.21. The van der Waals surface area contributed by atoms with Crippen LogP contribution in [-0.4, -0.2) is 41.2 Å². The van der Waals surface area contributed by atoms with Crippen LogP contribution < -0.4 is 5.32 Å². The molecule has 1 atom stereocenters. The van der Waals surface area contributed by atoms with Crippen molar-refractivity contribution in [2.75, 3.05) is 12.5 Å². The molecule has 3 aromatic rings. The van der Waals surface area contributed by atoms with Crippen molar-refractivity contribution in [3.63, 3.8) is 0 Å². The van der Waals surface area contributed by atoms with E-state index in [2.05, 4.69) is 10.3 Å². The number of benzene rings is 2. The van der Waals surface area contributed by atoms with Gasteiger partial charge in [0, 0.05) is 22.9 Å². The Balaban J connectivity index is 2.05. The van der Waals surface area contributed by atoms with Gasteiger partial charge in [0.25, 0.3) is 0 Å². The molecule has 0 bridgehead atoms. The number of alkyl halides is 1. The van der Waals surface area contributed by atoms with E-state index >= 15 is 0 Å². The van der Waals surface area contributed by atoms with Crippen LogP contribution in [0.1, 0.15) is 28.5 Å². The first kappa shape index (κ1) is 20.6. The van der Waals surface area contributed by atoms with E-state index in [9.17, 15) is 14.4 Å². The molecule has 0 spiro atoms. The number of amides is 1. The summed E-state index contributed by atoms with van der Waals surface area (Å²) >= 11 is 5.59. The van der Waals surface area contributed by atoms with E-state index in [-0.39, 0.29) is 24.7 Å². The lowest BCUT2D eigenvalue weighted by molar-refractivity contribution is -0.147. The summed E-state index contributed by atoms with van der Waals surface area (Å²) in [4.78, 5) is 40.6. The number of para-hydroxylation sites is 1.